The summed E-state index contributed by atoms with van der Waals surface area (Å²) in [5.41, 5.74) is 5.42. The van der Waals surface area contributed by atoms with Crippen molar-refractivity contribution in [3.63, 3.8) is 0 Å². The van der Waals surface area contributed by atoms with Crippen molar-refractivity contribution in [2.24, 2.45) is 5.73 Å². The first-order valence-electron chi connectivity index (χ1n) is 6.26. The molecule has 0 radical (unpaired) electrons. The van der Waals surface area contributed by atoms with E-state index < -0.39 is 36.4 Å². The van der Waals surface area contributed by atoms with E-state index in [-0.39, 0.29) is 6.10 Å². The van der Waals surface area contributed by atoms with Crippen LogP contribution in [0.1, 0.15) is 40.0 Å². The predicted molar refractivity (Wildman–Crippen MR) is 68.3 cm³/mol. The van der Waals surface area contributed by atoms with Gasteiger partial charge in [0.05, 0.1) is 18.6 Å². The third-order valence-corrected chi connectivity index (χ3v) is 2.26. The highest BCUT2D eigenvalue weighted by Crippen LogP contribution is 2.03. The Morgan fingerprint density at radius 2 is 1.89 bits per heavy atom. The molecule has 1 unspecified atom stereocenters. The second kappa shape index (κ2) is 8.47. The fourth-order valence-electron chi connectivity index (χ4n) is 1.41. The maximum absolute atomic E-state index is 11.7. The van der Waals surface area contributed by atoms with E-state index in [0.29, 0.717) is 12.8 Å². The highest BCUT2D eigenvalue weighted by Gasteiger charge is 2.25. The van der Waals surface area contributed by atoms with E-state index in [0.717, 1.165) is 0 Å². The van der Waals surface area contributed by atoms with Crippen molar-refractivity contribution in [3.8, 4) is 0 Å². The van der Waals surface area contributed by atoms with Gasteiger partial charge in [-0.15, -0.1) is 0 Å². The van der Waals surface area contributed by atoms with Gasteiger partial charge in [-0.25, -0.2) is 4.79 Å². The van der Waals surface area contributed by atoms with Crippen molar-refractivity contribution < 1.29 is 24.2 Å². The van der Waals surface area contributed by atoms with Crippen molar-refractivity contribution in [1.29, 1.82) is 0 Å². The van der Waals surface area contributed by atoms with Crippen LogP contribution < -0.4 is 11.1 Å². The molecule has 110 valence electrons. The standard InChI is InChI=1S/C12H22N2O5/c1-4-5-9(12(18)19-7(2)3)14-11(17)8(13)6-10(15)16/h7-9H,4-6,13H2,1-3H3,(H,14,17)(H,15,16)/t8-,9?/m0/s1. The maximum Gasteiger partial charge on any atom is 0.328 e. The summed E-state index contributed by atoms with van der Waals surface area (Å²) in [6.45, 7) is 5.27. The molecule has 0 aromatic rings. The zero-order chi connectivity index (χ0) is 15.0. The number of carbonyl (C=O) groups is 3. The van der Waals surface area contributed by atoms with Crippen LogP contribution in [0.3, 0.4) is 0 Å². The second-order valence-electron chi connectivity index (χ2n) is 4.54. The van der Waals surface area contributed by atoms with Gasteiger partial charge in [-0.3, -0.25) is 9.59 Å². The Balaban J connectivity index is 4.52. The molecule has 19 heavy (non-hydrogen) atoms. The van der Waals surface area contributed by atoms with Gasteiger partial charge in [-0.2, -0.15) is 0 Å². The van der Waals surface area contributed by atoms with Crippen LogP contribution in [-0.4, -0.2) is 41.1 Å². The Labute approximate surface area is 112 Å². The van der Waals surface area contributed by atoms with E-state index in [1.807, 2.05) is 6.92 Å². The molecule has 7 nitrogen and oxygen atoms in total. The summed E-state index contributed by atoms with van der Waals surface area (Å²) < 4.78 is 5.02. The van der Waals surface area contributed by atoms with Gasteiger partial charge in [0, 0.05) is 0 Å². The van der Waals surface area contributed by atoms with E-state index in [9.17, 15) is 14.4 Å². The van der Waals surface area contributed by atoms with E-state index in [1.54, 1.807) is 13.8 Å². The molecule has 0 aliphatic rings. The lowest BCUT2D eigenvalue weighted by atomic mass is 10.1. The summed E-state index contributed by atoms with van der Waals surface area (Å²) >= 11 is 0. The molecule has 0 aromatic carbocycles. The molecule has 0 aliphatic heterocycles. The number of amides is 1. The number of carbonyl (C=O) groups excluding carboxylic acids is 2. The number of esters is 1. The van der Waals surface area contributed by atoms with Crippen molar-refractivity contribution >= 4 is 17.8 Å². The molecule has 0 spiro atoms. The molecule has 0 saturated heterocycles. The van der Waals surface area contributed by atoms with Crippen LogP contribution in [-0.2, 0) is 19.1 Å². The van der Waals surface area contributed by atoms with Gasteiger partial charge in [-0.1, -0.05) is 13.3 Å². The fraction of sp³-hybridized carbons (Fsp3) is 0.750. The average Bonchev–Trinajstić information content (AvgIpc) is 2.26. The number of hydrogen-bond donors (Lipinski definition) is 3. The Bertz CT molecular complexity index is 330. The van der Waals surface area contributed by atoms with E-state index >= 15 is 0 Å². The van der Waals surface area contributed by atoms with Gasteiger partial charge in [0.2, 0.25) is 5.91 Å². The number of ether oxygens (including phenoxy) is 1. The molecule has 0 bridgehead atoms. The monoisotopic (exact) mass is 274 g/mol. The number of carboxylic acid groups (broad SMARTS) is 1. The van der Waals surface area contributed by atoms with Crippen LogP contribution in [0.4, 0.5) is 0 Å². The number of rotatable bonds is 8. The molecule has 1 amide bonds. The van der Waals surface area contributed by atoms with Crippen molar-refractivity contribution in [2.75, 3.05) is 0 Å². The minimum atomic E-state index is -1.18. The van der Waals surface area contributed by atoms with E-state index in [4.69, 9.17) is 15.6 Å². The largest absolute Gasteiger partial charge is 0.481 e. The number of nitrogens with one attached hydrogen (secondary N) is 1. The minimum Gasteiger partial charge on any atom is -0.481 e. The number of aliphatic carboxylic acids is 1. The molecule has 0 aliphatic carbocycles. The second-order valence-corrected chi connectivity index (χ2v) is 4.54. The molecule has 4 N–H and O–H groups in total. The van der Waals surface area contributed by atoms with Gasteiger partial charge in [-0.05, 0) is 20.3 Å². The van der Waals surface area contributed by atoms with Crippen LogP contribution in [0, 0.1) is 0 Å². The maximum atomic E-state index is 11.7. The minimum absolute atomic E-state index is 0.281. The lowest BCUT2D eigenvalue weighted by Gasteiger charge is -2.20. The zero-order valence-corrected chi connectivity index (χ0v) is 11.5. The predicted octanol–water partition coefficient (Wildman–Crippen LogP) is 0.0249. The first-order chi connectivity index (χ1) is 8.77. The molecule has 0 rings (SSSR count). The van der Waals surface area contributed by atoms with Crippen LogP contribution in [0.5, 0.6) is 0 Å². The van der Waals surface area contributed by atoms with Gasteiger partial charge in [0.15, 0.2) is 0 Å². The number of carboxylic acids is 1. The third-order valence-electron chi connectivity index (χ3n) is 2.26. The number of hydrogen-bond acceptors (Lipinski definition) is 5. The van der Waals surface area contributed by atoms with E-state index in [1.165, 1.54) is 0 Å². The van der Waals surface area contributed by atoms with Crippen molar-refractivity contribution in [2.45, 2.75) is 58.2 Å². The van der Waals surface area contributed by atoms with Crippen LogP contribution in [0.2, 0.25) is 0 Å². The van der Waals surface area contributed by atoms with Gasteiger partial charge in [0.25, 0.3) is 0 Å². The van der Waals surface area contributed by atoms with Gasteiger partial charge in [0.1, 0.15) is 6.04 Å². The molecular weight excluding hydrogens is 252 g/mol. The zero-order valence-electron chi connectivity index (χ0n) is 11.5. The van der Waals surface area contributed by atoms with Crippen LogP contribution >= 0.6 is 0 Å². The molecule has 0 saturated carbocycles. The van der Waals surface area contributed by atoms with Crippen LogP contribution in [0.25, 0.3) is 0 Å². The molecule has 0 fully saturated rings. The fourth-order valence-corrected chi connectivity index (χ4v) is 1.41. The summed E-state index contributed by atoms with van der Waals surface area (Å²) in [5, 5.41) is 11.0. The Kier molecular flexibility index (Phi) is 7.74. The van der Waals surface area contributed by atoms with Crippen molar-refractivity contribution in [1.82, 2.24) is 5.32 Å². The lowest BCUT2D eigenvalue weighted by molar-refractivity contribution is -0.151. The van der Waals surface area contributed by atoms with Gasteiger partial charge < -0.3 is 20.9 Å². The quantitative estimate of drug-likeness (QED) is 0.537. The Morgan fingerprint density at radius 1 is 1.32 bits per heavy atom. The molecule has 7 heteroatoms. The summed E-state index contributed by atoms with van der Waals surface area (Å²) in [6, 6.07) is -1.97. The summed E-state index contributed by atoms with van der Waals surface area (Å²) in [6.07, 6.45) is 0.323. The first-order valence-corrected chi connectivity index (χ1v) is 6.26. The normalized spacial score (nSPS) is 13.7. The summed E-state index contributed by atoms with van der Waals surface area (Å²) in [7, 11) is 0. The lowest BCUT2D eigenvalue weighted by Crippen LogP contribution is -2.49. The van der Waals surface area contributed by atoms with Crippen molar-refractivity contribution in [3.05, 3.63) is 0 Å². The molecule has 2 atom stereocenters. The highest BCUT2D eigenvalue weighted by molar-refractivity contribution is 5.89. The first kappa shape index (κ1) is 17.4. The SMILES string of the molecule is CCCC(NC(=O)[C@@H](N)CC(=O)O)C(=O)OC(C)C. The Hall–Kier alpha value is -1.63. The average molecular weight is 274 g/mol. The highest BCUT2D eigenvalue weighted by atomic mass is 16.5. The molecule has 0 aromatic heterocycles. The number of nitrogens with two attached hydrogens (primary N) is 1. The Morgan fingerprint density at radius 3 is 2.32 bits per heavy atom. The molecular formula is C12H22N2O5. The topological polar surface area (TPSA) is 119 Å². The van der Waals surface area contributed by atoms with Crippen LogP contribution in [0.15, 0.2) is 0 Å². The summed E-state index contributed by atoms with van der Waals surface area (Å²) in [5.74, 6) is -2.37. The van der Waals surface area contributed by atoms with Gasteiger partial charge >= 0.3 is 11.9 Å². The smallest absolute Gasteiger partial charge is 0.328 e. The van der Waals surface area contributed by atoms with E-state index in [2.05, 4.69) is 5.32 Å². The summed E-state index contributed by atoms with van der Waals surface area (Å²) in [4.78, 5) is 33.8. The third kappa shape index (κ3) is 7.40. The molecule has 0 heterocycles.